The molecule has 17 heavy (non-hydrogen) atoms. The van der Waals surface area contributed by atoms with Crippen molar-refractivity contribution in [1.29, 1.82) is 0 Å². The van der Waals surface area contributed by atoms with Gasteiger partial charge in [0, 0.05) is 30.2 Å². The second-order valence-corrected chi connectivity index (χ2v) is 5.68. The first-order valence-corrected chi connectivity index (χ1v) is 6.62. The van der Waals surface area contributed by atoms with E-state index in [1.54, 1.807) is 16.3 Å². The third kappa shape index (κ3) is 2.73. The summed E-state index contributed by atoms with van der Waals surface area (Å²) in [5.41, 5.74) is 2.49. The van der Waals surface area contributed by atoms with Crippen LogP contribution in [0, 0.1) is 6.92 Å². The minimum absolute atomic E-state index is 0.171. The molecule has 7 heteroatoms. The molecule has 0 bridgehead atoms. The van der Waals surface area contributed by atoms with Gasteiger partial charge < -0.3 is 5.32 Å². The number of aryl methyl sites for hydroxylation is 1. The fourth-order valence-corrected chi connectivity index (χ4v) is 2.33. The normalized spacial score (nSPS) is 10.5. The number of rotatable bonds is 3. The zero-order valence-corrected chi connectivity index (χ0v) is 11.8. The second-order valence-electron chi connectivity index (χ2n) is 3.55. The topological polar surface area (TPSA) is 59.8 Å². The number of carbonyl (C=O) groups excluding carboxylic acids is 1. The van der Waals surface area contributed by atoms with E-state index < -0.39 is 0 Å². The first-order valence-electron chi connectivity index (χ1n) is 4.94. The molecular formula is C10H11BrN4OS. The van der Waals surface area contributed by atoms with E-state index in [9.17, 15) is 4.79 Å². The largest absolute Gasteiger partial charge is 0.346 e. The van der Waals surface area contributed by atoms with Gasteiger partial charge in [0.25, 0.3) is 5.91 Å². The molecule has 1 N–H and O–H groups in total. The minimum atomic E-state index is -0.171. The lowest BCUT2D eigenvalue weighted by Gasteiger charge is -2.02. The van der Waals surface area contributed by atoms with Gasteiger partial charge in [-0.15, -0.1) is 11.3 Å². The van der Waals surface area contributed by atoms with E-state index in [2.05, 4.69) is 31.3 Å². The zero-order chi connectivity index (χ0) is 12.4. The molecule has 2 aromatic heterocycles. The van der Waals surface area contributed by atoms with E-state index in [4.69, 9.17) is 0 Å². The van der Waals surface area contributed by atoms with E-state index in [-0.39, 0.29) is 5.91 Å². The lowest BCUT2D eigenvalue weighted by Crippen LogP contribution is -2.23. The van der Waals surface area contributed by atoms with Gasteiger partial charge in [-0.05, 0) is 22.9 Å². The molecule has 5 nitrogen and oxygen atoms in total. The molecule has 0 aromatic carbocycles. The Balaban J connectivity index is 1.99. The van der Waals surface area contributed by atoms with Crippen molar-refractivity contribution in [3.63, 3.8) is 0 Å². The van der Waals surface area contributed by atoms with E-state index in [0.717, 1.165) is 11.3 Å². The third-order valence-electron chi connectivity index (χ3n) is 2.49. The summed E-state index contributed by atoms with van der Waals surface area (Å²) in [6, 6.07) is 0. The summed E-state index contributed by atoms with van der Waals surface area (Å²) in [7, 11) is 1.87. The van der Waals surface area contributed by atoms with Gasteiger partial charge >= 0.3 is 0 Å². The Kier molecular flexibility index (Phi) is 3.58. The summed E-state index contributed by atoms with van der Waals surface area (Å²) < 4.78 is 2.49. The molecule has 0 spiro atoms. The molecule has 2 aromatic rings. The van der Waals surface area contributed by atoms with Crippen LogP contribution in [0.25, 0.3) is 0 Å². The highest BCUT2D eigenvalue weighted by Crippen LogP contribution is 2.15. The van der Waals surface area contributed by atoms with Crippen molar-refractivity contribution in [2.45, 2.75) is 13.5 Å². The van der Waals surface area contributed by atoms with Gasteiger partial charge in [-0.2, -0.15) is 5.10 Å². The maximum atomic E-state index is 11.7. The van der Waals surface area contributed by atoms with Crippen LogP contribution in [0.2, 0.25) is 0 Å². The van der Waals surface area contributed by atoms with Crippen molar-refractivity contribution in [2.24, 2.45) is 7.05 Å². The van der Waals surface area contributed by atoms with E-state index in [1.165, 1.54) is 11.3 Å². The molecule has 0 radical (unpaired) electrons. The molecule has 2 heterocycles. The molecule has 0 saturated heterocycles. The van der Waals surface area contributed by atoms with Crippen LogP contribution in [0.1, 0.15) is 21.7 Å². The Labute approximate surface area is 111 Å². The number of thiazole rings is 1. The molecule has 0 aliphatic heterocycles. The molecular weight excluding hydrogens is 304 g/mol. The number of carbonyl (C=O) groups is 1. The Morgan fingerprint density at radius 1 is 1.65 bits per heavy atom. The highest BCUT2D eigenvalue weighted by atomic mass is 79.9. The number of amides is 1. The van der Waals surface area contributed by atoms with Gasteiger partial charge in [0.2, 0.25) is 0 Å². The first kappa shape index (κ1) is 12.3. The quantitative estimate of drug-likeness (QED) is 0.941. The van der Waals surface area contributed by atoms with Crippen molar-refractivity contribution in [3.8, 4) is 0 Å². The van der Waals surface area contributed by atoms with Crippen LogP contribution >= 0.6 is 27.3 Å². The standard InChI is InChI=1S/C10H11BrN4OS/c1-6-7(4-13-15(6)2)3-12-9(16)8-5-17-10(11)14-8/h4-5H,3H2,1-2H3,(H,12,16). The van der Waals surface area contributed by atoms with Crippen LogP contribution in [0.4, 0.5) is 0 Å². The fraction of sp³-hybridized carbons (Fsp3) is 0.300. The summed E-state index contributed by atoms with van der Waals surface area (Å²) in [6.07, 6.45) is 1.76. The number of aromatic nitrogens is 3. The second kappa shape index (κ2) is 4.97. The monoisotopic (exact) mass is 314 g/mol. The van der Waals surface area contributed by atoms with Crippen molar-refractivity contribution >= 4 is 33.2 Å². The maximum absolute atomic E-state index is 11.7. The van der Waals surface area contributed by atoms with Crippen molar-refractivity contribution in [1.82, 2.24) is 20.1 Å². The van der Waals surface area contributed by atoms with Gasteiger partial charge in [-0.25, -0.2) is 4.98 Å². The van der Waals surface area contributed by atoms with Gasteiger partial charge in [-0.3, -0.25) is 9.48 Å². The van der Waals surface area contributed by atoms with E-state index >= 15 is 0 Å². The number of nitrogens with one attached hydrogen (secondary N) is 1. The molecule has 90 valence electrons. The molecule has 0 saturated carbocycles. The SMILES string of the molecule is Cc1c(CNC(=O)c2csc(Br)n2)cnn1C. The Hall–Kier alpha value is -1.21. The average molecular weight is 315 g/mol. The summed E-state index contributed by atoms with van der Waals surface area (Å²) in [4.78, 5) is 15.8. The maximum Gasteiger partial charge on any atom is 0.271 e. The van der Waals surface area contributed by atoms with Crippen molar-refractivity contribution < 1.29 is 4.79 Å². The highest BCUT2D eigenvalue weighted by molar-refractivity contribution is 9.11. The lowest BCUT2D eigenvalue weighted by molar-refractivity contribution is 0.0946. The minimum Gasteiger partial charge on any atom is -0.346 e. The van der Waals surface area contributed by atoms with Crippen LogP contribution in [-0.4, -0.2) is 20.7 Å². The van der Waals surface area contributed by atoms with E-state index in [1.807, 2.05) is 14.0 Å². The predicted octanol–water partition coefficient (Wildman–Crippen LogP) is 1.88. The average Bonchev–Trinajstić information content (AvgIpc) is 2.86. The van der Waals surface area contributed by atoms with Gasteiger partial charge in [0.15, 0.2) is 3.92 Å². The smallest absolute Gasteiger partial charge is 0.271 e. The highest BCUT2D eigenvalue weighted by Gasteiger charge is 2.10. The number of hydrogen-bond acceptors (Lipinski definition) is 4. The van der Waals surface area contributed by atoms with Crippen LogP contribution in [0.15, 0.2) is 15.5 Å². The lowest BCUT2D eigenvalue weighted by atomic mass is 10.2. The molecule has 0 fully saturated rings. The fourth-order valence-electron chi connectivity index (χ4n) is 1.34. The van der Waals surface area contributed by atoms with Crippen LogP contribution in [0.5, 0.6) is 0 Å². The summed E-state index contributed by atoms with van der Waals surface area (Å²) in [6.45, 7) is 2.43. The molecule has 2 rings (SSSR count). The number of halogens is 1. The van der Waals surface area contributed by atoms with Crippen LogP contribution in [0.3, 0.4) is 0 Å². The van der Waals surface area contributed by atoms with Crippen LogP contribution < -0.4 is 5.32 Å². The number of hydrogen-bond donors (Lipinski definition) is 1. The van der Waals surface area contributed by atoms with Crippen molar-refractivity contribution in [2.75, 3.05) is 0 Å². The Morgan fingerprint density at radius 3 is 2.94 bits per heavy atom. The van der Waals surface area contributed by atoms with E-state index in [0.29, 0.717) is 16.2 Å². The summed E-state index contributed by atoms with van der Waals surface area (Å²) >= 11 is 4.62. The van der Waals surface area contributed by atoms with Crippen molar-refractivity contribution in [3.05, 3.63) is 32.4 Å². The van der Waals surface area contributed by atoms with Crippen LogP contribution in [-0.2, 0) is 13.6 Å². The molecule has 1 amide bonds. The molecule has 0 unspecified atom stereocenters. The zero-order valence-electron chi connectivity index (χ0n) is 9.40. The molecule has 0 aliphatic carbocycles. The predicted molar refractivity (Wildman–Crippen MR) is 68.9 cm³/mol. The Bertz CT molecular complexity index is 548. The summed E-state index contributed by atoms with van der Waals surface area (Å²) in [5.74, 6) is -0.171. The molecule has 0 atom stereocenters. The van der Waals surface area contributed by atoms with Gasteiger partial charge in [-0.1, -0.05) is 0 Å². The Morgan fingerprint density at radius 2 is 2.41 bits per heavy atom. The van der Waals surface area contributed by atoms with Gasteiger partial charge in [0.1, 0.15) is 5.69 Å². The first-order chi connectivity index (χ1) is 8.08. The molecule has 0 aliphatic rings. The summed E-state index contributed by atoms with van der Waals surface area (Å²) in [5, 5.41) is 8.65. The third-order valence-corrected chi connectivity index (χ3v) is 3.85. The van der Waals surface area contributed by atoms with Gasteiger partial charge in [0.05, 0.1) is 6.20 Å². The number of nitrogens with zero attached hydrogens (tertiary/aromatic N) is 3.